The number of amidine groups is 1. The number of methoxy groups -OCH3 is 2. The number of alkyl carbamates (subject to hydrolysis) is 1. The largest absolute Gasteiger partial charge is 0.469 e. The van der Waals surface area contributed by atoms with Gasteiger partial charge in [0.2, 0.25) is 5.91 Å². The zero-order valence-electron chi connectivity index (χ0n) is 23.5. The first-order valence-corrected chi connectivity index (χ1v) is 13.6. The number of nitrogens with one attached hydrogen (secondary N) is 3. The molecule has 0 spiro atoms. The summed E-state index contributed by atoms with van der Waals surface area (Å²) in [6.07, 6.45) is 1.45. The molecule has 42 heavy (non-hydrogen) atoms. The number of esters is 1. The molecular formula is C28H34N6O8. The van der Waals surface area contributed by atoms with E-state index >= 15 is 0 Å². The third kappa shape index (κ3) is 7.37. The Bertz CT molecular complexity index is 1390. The van der Waals surface area contributed by atoms with E-state index < -0.39 is 17.6 Å². The number of aromatic nitrogens is 2. The minimum absolute atomic E-state index is 0.172. The molecule has 1 saturated heterocycles. The number of morpholine rings is 1. The molecule has 3 amide bonds. The Hall–Kier alpha value is -4.59. The minimum atomic E-state index is -0.780. The Morgan fingerprint density at radius 2 is 1.69 bits per heavy atom. The van der Waals surface area contributed by atoms with Gasteiger partial charge in [0.1, 0.15) is 17.9 Å². The molecule has 2 heterocycles. The van der Waals surface area contributed by atoms with Crippen LogP contribution in [0.2, 0.25) is 0 Å². The summed E-state index contributed by atoms with van der Waals surface area (Å²) in [7, 11) is 2.54. The summed E-state index contributed by atoms with van der Waals surface area (Å²) < 4.78 is 15.6. The maximum absolute atomic E-state index is 13.4. The van der Waals surface area contributed by atoms with E-state index in [-0.39, 0.29) is 47.5 Å². The lowest BCUT2D eigenvalue weighted by Gasteiger charge is -2.28. The van der Waals surface area contributed by atoms with Gasteiger partial charge in [0.25, 0.3) is 11.5 Å². The van der Waals surface area contributed by atoms with Gasteiger partial charge in [-0.15, -0.1) is 0 Å². The average Bonchev–Trinajstić information content (AvgIpc) is 3.02. The fraction of sp³-hybridized carbons (Fsp3) is 0.464. The molecule has 14 nitrogen and oxygen atoms in total. The first kappa shape index (κ1) is 30.4. The molecule has 1 aromatic heterocycles. The number of hydrogen-bond donors (Lipinski definition) is 3. The van der Waals surface area contributed by atoms with Crippen LogP contribution >= 0.6 is 0 Å². The molecule has 2 aliphatic rings. The number of ether oxygens (including phenoxy) is 3. The van der Waals surface area contributed by atoms with Crippen LogP contribution in [0.15, 0.2) is 35.1 Å². The summed E-state index contributed by atoms with van der Waals surface area (Å²) in [6.45, 7) is 1.21. The van der Waals surface area contributed by atoms with Gasteiger partial charge >= 0.3 is 12.1 Å². The van der Waals surface area contributed by atoms with Crippen LogP contribution in [-0.4, -0.2) is 91.0 Å². The third-order valence-electron chi connectivity index (χ3n) is 7.35. The summed E-state index contributed by atoms with van der Waals surface area (Å²) >= 11 is 0. The summed E-state index contributed by atoms with van der Waals surface area (Å²) in [5.74, 6) is -1.59. The van der Waals surface area contributed by atoms with Gasteiger partial charge in [0.15, 0.2) is 0 Å². The Labute approximate surface area is 241 Å². The van der Waals surface area contributed by atoms with Gasteiger partial charge in [-0.1, -0.05) is 24.3 Å². The first-order valence-electron chi connectivity index (χ1n) is 13.6. The van der Waals surface area contributed by atoms with Crippen molar-refractivity contribution >= 4 is 29.7 Å². The molecule has 0 unspecified atom stereocenters. The zero-order chi connectivity index (χ0) is 30.2. The van der Waals surface area contributed by atoms with E-state index in [9.17, 15) is 24.0 Å². The molecule has 1 aliphatic heterocycles. The summed E-state index contributed by atoms with van der Waals surface area (Å²) in [6, 6.07) is 7.54. The zero-order valence-corrected chi connectivity index (χ0v) is 23.5. The molecule has 3 N–H and O–H groups in total. The molecule has 4 rings (SSSR count). The van der Waals surface area contributed by atoms with Crippen LogP contribution in [0.4, 0.5) is 4.79 Å². The number of rotatable bonds is 7. The standard InChI is InChI=1S/C28H34N6O8/c1-40-27(38)19-7-9-20(10-8-19)30-25(36)21-15-22(17-3-5-18(6-4-17)24(29)31-28(39)41-2)32-34(26(21)37)16-23(35)33-11-13-42-14-12-33/h3-6,15,19-20H,7-14,16H2,1-2H3,(H,30,36)(H2,29,31,39)/t19-,20-. The molecule has 2 fully saturated rings. The number of benzene rings is 1. The van der Waals surface area contributed by atoms with Crippen LogP contribution in [0, 0.1) is 11.3 Å². The van der Waals surface area contributed by atoms with Crippen LogP contribution in [0.3, 0.4) is 0 Å². The van der Waals surface area contributed by atoms with E-state index in [4.69, 9.17) is 14.9 Å². The molecule has 1 aliphatic carbocycles. The smallest absolute Gasteiger partial charge is 0.412 e. The highest BCUT2D eigenvalue weighted by Gasteiger charge is 2.29. The Balaban J connectivity index is 1.59. The Morgan fingerprint density at radius 3 is 2.31 bits per heavy atom. The van der Waals surface area contributed by atoms with Crippen molar-refractivity contribution in [2.45, 2.75) is 38.3 Å². The summed E-state index contributed by atoms with van der Waals surface area (Å²) in [5.41, 5.74) is 0.295. The molecule has 14 heteroatoms. The number of carbonyl (C=O) groups is 4. The molecule has 0 atom stereocenters. The lowest BCUT2D eigenvalue weighted by molar-refractivity contribution is -0.146. The van der Waals surface area contributed by atoms with E-state index in [0.717, 1.165) is 4.68 Å². The van der Waals surface area contributed by atoms with Crippen molar-refractivity contribution in [1.29, 1.82) is 5.41 Å². The maximum Gasteiger partial charge on any atom is 0.412 e. The van der Waals surface area contributed by atoms with Crippen molar-refractivity contribution in [3.05, 3.63) is 51.8 Å². The van der Waals surface area contributed by atoms with Gasteiger partial charge in [-0.25, -0.2) is 9.48 Å². The van der Waals surface area contributed by atoms with Crippen LogP contribution in [0.25, 0.3) is 11.3 Å². The molecule has 2 aromatic rings. The fourth-order valence-corrected chi connectivity index (χ4v) is 4.93. The molecule has 224 valence electrons. The topological polar surface area (TPSA) is 182 Å². The van der Waals surface area contributed by atoms with Crippen LogP contribution in [0.5, 0.6) is 0 Å². The summed E-state index contributed by atoms with van der Waals surface area (Å²) in [4.78, 5) is 64.6. The fourth-order valence-electron chi connectivity index (χ4n) is 4.93. The van der Waals surface area contributed by atoms with Gasteiger partial charge < -0.3 is 24.4 Å². The molecule has 0 radical (unpaired) electrons. The van der Waals surface area contributed by atoms with E-state index in [2.05, 4.69) is 20.5 Å². The van der Waals surface area contributed by atoms with Crippen molar-refractivity contribution in [1.82, 2.24) is 25.3 Å². The Morgan fingerprint density at radius 1 is 1.02 bits per heavy atom. The van der Waals surface area contributed by atoms with Crippen molar-refractivity contribution in [3.63, 3.8) is 0 Å². The van der Waals surface area contributed by atoms with Gasteiger partial charge in [0.05, 0.1) is 39.0 Å². The molecule has 0 bridgehead atoms. The van der Waals surface area contributed by atoms with Crippen molar-refractivity contribution in [2.24, 2.45) is 5.92 Å². The Kier molecular flexibility index (Phi) is 10.0. The lowest BCUT2D eigenvalue weighted by Crippen LogP contribution is -2.45. The number of hydrogen-bond acceptors (Lipinski definition) is 10. The lowest BCUT2D eigenvalue weighted by atomic mass is 9.86. The summed E-state index contributed by atoms with van der Waals surface area (Å²) in [5, 5.41) is 17.6. The number of amides is 3. The second-order valence-corrected chi connectivity index (χ2v) is 10.0. The van der Waals surface area contributed by atoms with Gasteiger partial charge in [-0.2, -0.15) is 5.10 Å². The van der Waals surface area contributed by atoms with Crippen LogP contribution in [0.1, 0.15) is 41.6 Å². The van der Waals surface area contributed by atoms with E-state index in [1.807, 2.05) is 0 Å². The highest BCUT2D eigenvalue weighted by molar-refractivity contribution is 6.04. The predicted octanol–water partition coefficient (Wildman–Crippen LogP) is 0.912. The van der Waals surface area contributed by atoms with Crippen molar-refractivity contribution in [3.8, 4) is 11.3 Å². The van der Waals surface area contributed by atoms with Crippen LogP contribution in [-0.2, 0) is 30.3 Å². The predicted molar refractivity (Wildman–Crippen MR) is 149 cm³/mol. The highest BCUT2D eigenvalue weighted by Crippen LogP contribution is 2.25. The van der Waals surface area contributed by atoms with Gasteiger partial charge in [0, 0.05) is 30.3 Å². The number of nitrogens with zero attached hydrogens (tertiary/aromatic N) is 3. The first-order chi connectivity index (χ1) is 20.2. The second-order valence-electron chi connectivity index (χ2n) is 10.0. The third-order valence-corrected chi connectivity index (χ3v) is 7.35. The van der Waals surface area contributed by atoms with Gasteiger partial charge in [-0.3, -0.25) is 29.9 Å². The van der Waals surface area contributed by atoms with E-state index in [1.54, 1.807) is 29.2 Å². The molecular weight excluding hydrogens is 548 g/mol. The van der Waals surface area contributed by atoms with E-state index in [1.165, 1.54) is 20.3 Å². The van der Waals surface area contributed by atoms with Gasteiger partial charge in [-0.05, 0) is 31.7 Å². The second kappa shape index (κ2) is 13.9. The molecule has 1 aromatic carbocycles. The monoisotopic (exact) mass is 582 g/mol. The van der Waals surface area contributed by atoms with Crippen molar-refractivity contribution < 1.29 is 33.4 Å². The average molecular weight is 583 g/mol. The van der Waals surface area contributed by atoms with Crippen LogP contribution < -0.4 is 16.2 Å². The number of carbonyl (C=O) groups excluding carboxylic acids is 4. The molecule has 1 saturated carbocycles. The van der Waals surface area contributed by atoms with E-state index in [0.29, 0.717) is 63.1 Å². The minimum Gasteiger partial charge on any atom is -0.469 e. The maximum atomic E-state index is 13.4. The quantitative estimate of drug-likeness (QED) is 0.243. The normalized spacial score (nSPS) is 18.5. The van der Waals surface area contributed by atoms with Crippen molar-refractivity contribution in [2.75, 3.05) is 40.5 Å². The SMILES string of the molecule is COC(=O)NC(=N)c1ccc(-c2cc(C(=O)N[C@H]3CC[C@H](C(=O)OC)CC3)c(=O)n(CC(=O)N3CCOCC3)n2)cc1. The highest BCUT2D eigenvalue weighted by atomic mass is 16.5.